The standard InChI is InChI=1S/C12H14O5S/c1-18(14,15)8-10(13)9-3-4-11-12(7-9)17-6-2-5-16-11/h3-4,7H,2,5-6,8H2,1H3. The normalized spacial score (nSPS) is 14.9. The third-order valence-electron chi connectivity index (χ3n) is 2.46. The van der Waals surface area contributed by atoms with Crippen molar-refractivity contribution in [3.05, 3.63) is 23.8 Å². The Bertz CT molecular complexity index is 562. The number of benzene rings is 1. The molecule has 0 unspecified atom stereocenters. The van der Waals surface area contributed by atoms with Gasteiger partial charge in [0.1, 0.15) is 5.75 Å². The smallest absolute Gasteiger partial charge is 0.177 e. The molecule has 1 aliphatic rings. The first-order valence-electron chi connectivity index (χ1n) is 5.56. The molecule has 5 nitrogen and oxygen atoms in total. The van der Waals surface area contributed by atoms with Crippen LogP contribution in [0.1, 0.15) is 16.8 Å². The van der Waals surface area contributed by atoms with Crippen molar-refractivity contribution in [1.29, 1.82) is 0 Å². The van der Waals surface area contributed by atoms with Crippen molar-refractivity contribution < 1.29 is 22.7 Å². The molecule has 0 atom stereocenters. The SMILES string of the molecule is CS(=O)(=O)CC(=O)c1ccc2c(c1)OCCCO2. The number of Topliss-reactive ketones (excluding diaryl/α,β-unsaturated/α-hetero) is 1. The van der Waals surface area contributed by atoms with E-state index in [1.165, 1.54) is 6.07 Å². The minimum Gasteiger partial charge on any atom is -0.490 e. The van der Waals surface area contributed by atoms with Gasteiger partial charge in [-0.2, -0.15) is 0 Å². The van der Waals surface area contributed by atoms with Crippen LogP contribution in [0.25, 0.3) is 0 Å². The maximum Gasteiger partial charge on any atom is 0.177 e. The second-order valence-corrected chi connectivity index (χ2v) is 6.35. The van der Waals surface area contributed by atoms with Gasteiger partial charge in [0.05, 0.1) is 13.2 Å². The van der Waals surface area contributed by atoms with E-state index >= 15 is 0 Å². The van der Waals surface area contributed by atoms with Crippen LogP contribution in [0.4, 0.5) is 0 Å². The van der Waals surface area contributed by atoms with Crippen molar-refractivity contribution in [2.75, 3.05) is 25.2 Å². The van der Waals surface area contributed by atoms with Gasteiger partial charge in [-0.05, 0) is 18.2 Å². The molecule has 1 aromatic carbocycles. The Hall–Kier alpha value is -1.56. The molecular formula is C12H14O5S. The highest BCUT2D eigenvalue weighted by atomic mass is 32.2. The molecule has 2 rings (SSSR count). The molecular weight excluding hydrogens is 256 g/mol. The van der Waals surface area contributed by atoms with Gasteiger partial charge in [0.2, 0.25) is 0 Å². The molecule has 18 heavy (non-hydrogen) atoms. The summed E-state index contributed by atoms with van der Waals surface area (Å²) >= 11 is 0. The molecule has 0 fully saturated rings. The highest BCUT2D eigenvalue weighted by Crippen LogP contribution is 2.30. The lowest BCUT2D eigenvalue weighted by Gasteiger charge is -2.08. The van der Waals surface area contributed by atoms with E-state index in [9.17, 15) is 13.2 Å². The third kappa shape index (κ3) is 3.22. The Balaban J connectivity index is 2.25. The van der Waals surface area contributed by atoms with Crippen LogP contribution in [-0.4, -0.2) is 39.4 Å². The fourth-order valence-electron chi connectivity index (χ4n) is 1.66. The lowest BCUT2D eigenvalue weighted by atomic mass is 10.1. The number of fused-ring (bicyclic) bond motifs is 1. The Labute approximate surface area is 106 Å². The average Bonchev–Trinajstić information content (AvgIpc) is 2.50. The maximum absolute atomic E-state index is 11.8. The third-order valence-corrected chi connectivity index (χ3v) is 3.25. The van der Waals surface area contributed by atoms with Gasteiger partial charge in [-0.15, -0.1) is 0 Å². The van der Waals surface area contributed by atoms with E-state index in [0.717, 1.165) is 12.7 Å². The summed E-state index contributed by atoms with van der Waals surface area (Å²) < 4.78 is 33.0. The summed E-state index contributed by atoms with van der Waals surface area (Å²) in [6.07, 6.45) is 1.81. The number of hydrogen-bond acceptors (Lipinski definition) is 5. The number of hydrogen-bond donors (Lipinski definition) is 0. The largest absolute Gasteiger partial charge is 0.490 e. The van der Waals surface area contributed by atoms with E-state index in [-0.39, 0.29) is 0 Å². The molecule has 0 saturated heterocycles. The highest BCUT2D eigenvalue weighted by Gasteiger charge is 2.17. The molecule has 0 saturated carbocycles. The Kier molecular flexibility index (Phi) is 3.56. The quantitative estimate of drug-likeness (QED) is 0.769. The molecule has 6 heteroatoms. The second kappa shape index (κ2) is 4.97. The first-order chi connectivity index (χ1) is 8.46. The van der Waals surface area contributed by atoms with Crippen LogP contribution in [0.5, 0.6) is 11.5 Å². The van der Waals surface area contributed by atoms with Crippen LogP contribution in [0, 0.1) is 0 Å². The van der Waals surface area contributed by atoms with Gasteiger partial charge in [-0.1, -0.05) is 0 Å². The molecule has 0 spiro atoms. The van der Waals surface area contributed by atoms with E-state index in [1.54, 1.807) is 12.1 Å². The number of sulfone groups is 1. The van der Waals surface area contributed by atoms with Gasteiger partial charge in [0.15, 0.2) is 27.1 Å². The van der Waals surface area contributed by atoms with Crippen molar-refractivity contribution in [1.82, 2.24) is 0 Å². The van der Waals surface area contributed by atoms with E-state index in [4.69, 9.17) is 9.47 Å². The summed E-state index contributed by atoms with van der Waals surface area (Å²) in [5, 5.41) is 0. The second-order valence-electron chi connectivity index (χ2n) is 4.21. The molecule has 98 valence electrons. The van der Waals surface area contributed by atoms with Crippen molar-refractivity contribution in [2.45, 2.75) is 6.42 Å². The van der Waals surface area contributed by atoms with Crippen LogP contribution in [0.15, 0.2) is 18.2 Å². The lowest BCUT2D eigenvalue weighted by molar-refractivity contribution is 0.102. The number of carbonyl (C=O) groups is 1. The van der Waals surface area contributed by atoms with Crippen molar-refractivity contribution in [2.24, 2.45) is 0 Å². The van der Waals surface area contributed by atoms with Gasteiger partial charge in [0.25, 0.3) is 0 Å². The summed E-state index contributed by atoms with van der Waals surface area (Å²) in [7, 11) is -3.32. The van der Waals surface area contributed by atoms with Crippen LogP contribution in [0.2, 0.25) is 0 Å². The fourth-order valence-corrected chi connectivity index (χ4v) is 2.30. The predicted molar refractivity (Wildman–Crippen MR) is 66.1 cm³/mol. The summed E-state index contributed by atoms with van der Waals surface area (Å²) in [6, 6.07) is 4.73. The van der Waals surface area contributed by atoms with Crippen LogP contribution in [-0.2, 0) is 9.84 Å². The zero-order valence-electron chi connectivity index (χ0n) is 10.0. The molecule has 0 N–H and O–H groups in total. The number of ether oxygens (including phenoxy) is 2. The summed E-state index contributed by atoms with van der Waals surface area (Å²) in [6.45, 7) is 1.10. The Morgan fingerprint density at radius 2 is 1.89 bits per heavy atom. The van der Waals surface area contributed by atoms with Gasteiger partial charge in [0, 0.05) is 18.2 Å². The van der Waals surface area contributed by atoms with Crippen LogP contribution < -0.4 is 9.47 Å². The molecule has 1 aliphatic heterocycles. The fraction of sp³-hybridized carbons (Fsp3) is 0.417. The molecule has 0 amide bonds. The Morgan fingerprint density at radius 1 is 1.22 bits per heavy atom. The number of ketones is 1. The van der Waals surface area contributed by atoms with Crippen LogP contribution >= 0.6 is 0 Å². The van der Waals surface area contributed by atoms with Crippen LogP contribution in [0.3, 0.4) is 0 Å². The first kappa shape index (κ1) is 12.9. The van der Waals surface area contributed by atoms with Crippen molar-refractivity contribution in [3.8, 4) is 11.5 Å². The van der Waals surface area contributed by atoms with E-state index in [0.29, 0.717) is 30.3 Å². The van der Waals surface area contributed by atoms with Gasteiger partial charge >= 0.3 is 0 Å². The van der Waals surface area contributed by atoms with Gasteiger partial charge < -0.3 is 9.47 Å². The van der Waals surface area contributed by atoms with E-state index in [2.05, 4.69) is 0 Å². The minimum absolute atomic E-state index is 0.324. The zero-order chi connectivity index (χ0) is 13.2. The lowest BCUT2D eigenvalue weighted by Crippen LogP contribution is -2.14. The molecule has 1 heterocycles. The minimum atomic E-state index is -3.32. The molecule has 0 bridgehead atoms. The maximum atomic E-state index is 11.8. The van der Waals surface area contributed by atoms with Crippen molar-refractivity contribution >= 4 is 15.6 Å². The van der Waals surface area contributed by atoms with E-state index in [1.807, 2.05) is 0 Å². The number of carbonyl (C=O) groups excluding carboxylic acids is 1. The van der Waals surface area contributed by atoms with Gasteiger partial charge in [-0.25, -0.2) is 8.42 Å². The Morgan fingerprint density at radius 3 is 2.56 bits per heavy atom. The highest BCUT2D eigenvalue weighted by molar-refractivity contribution is 7.91. The van der Waals surface area contributed by atoms with E-state index < -0.39 is 21.4 Å². The summed E-state index contributed by atoms with van der Waals surface area (Å²) in [5.74, 6) is 0.149. The molecule has 0 aliphatic carbocycles. The van der Waals surface area contributed by atoms with Gasteiger partial charge in [-0.3, -0.25) is 4.79 Å². The zero-order valence-corrected chi connectivity index (χ0v) is 10.8. The summed E-state index contributed by atoms with van der Waals surface area (Å²) in [4.78, 5) is 11.8. The topological polar surface area (TPSA) is 69.7 Å². The molecule has 0 aromatic heterocycles. The predicted octanol–water partition coefficient (Wildman–Crippen LogP) is 1.08. The summed E-state index contributed by atoms with van der Waals surface area (Å²) in [5.41, 5.74) is 0.324. The monoisotopic (exact) mass is 270 g/mol. The average molecular weight is 270 g/mol. The van der Waals surface area contributed by atoms with Crippen molar-refractivity contribution in [3.63, 3.8) is 0 Å². The first-order valence-corrected chi connectivity index (χ1v) is 7.62. The number of rotatable bonds is 3. The molecule has 1 aromatic rings. The molecule has 0 radical (unpaired) electrons.